The summed E-state index contributed by atoms with van der Waals surface area (Å²) in [4.78, 5) is 2.65. The van der Waals surface area contributed by atoms with E-state index < -0.39 is 0 Å². The van der Waals surface area contributed by atoms with E-state index in [0.717, 1.165) is 30.2 Å². The van der Waals surface area contributed by atoms with Crippen molar-refractivity contribution in [3.8, 4) is 5.75 Å². The Balaban J connectivity index is 2.78. The third-order valence-electron chi connectivity index (χ3n) is 2.66. The highest BCUT2D eigenvalue weighted by atomic mass is 32.2. The average Bonchev–Trinajstić information content (AvgIpc) is 2.36. The molecule has 0 atom stereocenters. The monoisotopic (exact) mass is 284 g/mol. The van der Waals surface area contributed by atoms with Gasteiger partial charge in [-0.1, -0.05) is 18.3 Å². The molecular weight excluding hydrogens is 264 g/mol. The number of nitrogens with two attached hydrogens (primary N) is 1. The van der Waals surface area contributed by atoms with E-state index in [4.69, 9.17) is 22.7 Å². The number of nitrogens with zero attached hydrogens (tertiary/aromatic N) is 1. The Bertz CT molecular complexity index is 410. The molecule has 0 aromatic heterocycles. The van der Waals surface area contributed by atoms with Gasteiger partial charge in [0.15, 0.2) is 0 Å². The summed E-state index contributed by atoms with van der Waals surface area (Å²) in [6, 6.07) is 5.99. The molecule has 0 aliphatic rings. The minimum Gasteiger partial charge on any atom is -0.496 e. The number of ether oxygens (including phenoxy) is 1. The summed E-state index contributed by atoms with van der Waals surface area (Å²) in [5, 5.41) is 0. The van der Waals surface area contributed by atoms with Gasteiger partial charge in [0.2, 0.25) is 0 Å². The molecule has 2 N–H and O–H groups in total. The summed E-state index contributed by atoms with van der Waals surface area (Å²) in [5.41, 5.74) is 7.71. The molecule has 1 rings (SSSR count). The first-order valence-electron chi connectivity index (χ1n) is 5.72. The number of thioether (sulfide) groups is 1. The fourth-order valence-corrected chi connectivity index (χ4v) is 2.34. The number of thiocarbonyl (C=S) groups is 1. The van der Waals surface area contributed by atoms with Crippen LogP contribution in [0.5, 0.6) is 5.75 Å². The molecule has 100 valence electrons. The molecule has 0 saturated heterocycles. The van der Waals surface area contributed by atoms with E-state index >= 15 is 0 Å². The van der Waals surface area contributed by atoms with E-state index in [2.05, 4.69) is 24.3 Å². The lowest BCUT2D eigenvalue weighted by Crippen LogP contribution is -2.21. The normalized spacial score (nSPS) is 10.7. The van der Waals surface area contributed by atoms with E-state index in [1.54, 1.807) is 7.11 Å². The quantitative estimate of drug-likeness (QED) is 0.777. The molecule has 0 amide bonds. The molecule has 18 heavy (non-hydrogen) atoms. The second-order valence-corrected chi connectivity index (χ2v) is 5.55. The fourth-order valence-electron chi connectivity index (χ4n) is 1.68. The second kappa shape index (κ2) is 7.61. The van der Waals surface area contributed by atoms with Gasteiger partial charge in [0.05, 0.1) is 12.7 Å². The van der Waals surface area contributed by atoms with E-state index in [1.807, 2.05) is 23.9 Å². The van der Waals surface area contributed by atoms with Crippen molar-refractivity contribution in [2.45, 2.75) is 6.54 Å². The van der Waals surface area contributed by atoms with Gasteiger partial charge in [-0.25, -0.2) is 0 Å². The number of benzene rings is 1. The summed E-state index contributed by atoms with van der Waals surface area (Å²) in [5.74, 6) is 1.87. The Hall–Kier alpha value is -0.780. The Kier molecular flexibility index (Phi) is 6.46. The van der Waals surface area contributed by atoms with Crippen LogP contribution in [-0.2, 0) is 6.54 Å². The molecule has 5 heteroatoms. The molecule has 0 bridgehead atoms. The van der Waals surface area contributed by atoms with Crippen molar-refractivity contribution in [1.82, 2.24) is 4.90 Å². The molecule has 0 spiro atoms. The van der Waals surface area contributed by atoms with Crippen molar-refractivity contribution < 1.29 is 4.74 Å². The minimum absolute atomic E-state index is 0.375. The molecule has 1 aromatic carbocycles. The van der Waals surface area contributed by atoms with Crippen LogP contribution in [-0.4, -0.2) is 42.6 Å². The van der Waals surface area contributed by atoms with Gasteiger partial charge >= 0.3 is 0 Å². The molecule has 0 aliphatic carbocycles. The molecule has 0 aliphatic heterocycles. The molecule has 0 heterocycles. The second-order valence-electron chi connectivity index (χ2n) is 4.13. The van der Waals surface area contributed by atoms with Crippen molar-refractivity contribution >= 4 is 29.0 Å². The number of methoxy groups -OCH3 is 1. The molecular formula is C13H20N2OS2. The van der Waals surface area contributed by atoms with Gasteiger partial charge < -0.3 is 15.4 Å². The Morgan fingerprint density at radius 2 is 2.22 bits per heavy atom. The molecule has 0 fully saturated rings. The topological polar surface area (TPSA) is 38.5 Å². The van der Waals surface area contributed by atoms with E-state index in [-0.39, 0.29) is 0 Å². The molecule has 3 nitrogen and oxygen atoms in total. The molecule has 0 saturated carbocycles. The van der Waals surface area contributed by atoms with Crippen LogP contribution in [0.25, 0.3) is 0 Å². The van der Waals surface area contributed by atoms with Crippen LogP contribution >= 0.6 is 24.0 Å². The lowest BCUT2D eigenvalue weighted by molar-refractivity contribution is 0.348. The van der Waals surface area contributed by atoms with Crippen molar-refractivity contribution in [2.24, 2.45) is 5.73 Å². The maximum absolute atomic E-state index is 5.70. The zero-order valence-corrected chi connectivity index (χ0v) is 12.7. The SMILES string of the molecule is COc1ccc(CN(C)CCSC)cc1C(N)=S. The van der Waals surface area contributed by atoms with Crippen molar-refractivity contribution in [1.29, 1.82) is 0 Å². The van der Waals surface area contributed by atoms with Gasteiger partial charge in [0.25, 0.3) is 0 Å². The summed E-state index contributed by atoms with van der Waals surface area (Å²) in [6.45, 7) is 1.95. The maximum atomic E-state index is 5.70. The fraction of sp³-hybridized carbons (Fsp3) is 0.462. The van der Waals surface area contributed by atoms with Gasteiger partial charge in [-0.15, -0.1) is 0 Å². The van der Waals surface area contributed by atoms with E-state index in [1.165, 1.54) is 5.56 Å². The standard InChI is InChI=1S/C13H20N2OS2/c1-15(6-7-18-3)9-10-4-5-12(16-2)11(8-10)13(14)17/h4-5,8H,6-7,9H2,1-3H3,(H2,14,17). The highest BCUT2D eigenvalue weighted by molar-refractivity contribution is 7.98. The lowest BCUT2D eigenvalue weighted by Gasteiger charge is -2.17. The summed E-state index contributed by atoms with van der Waals surface area (Å²) in [6.07, 6.45) is 2.12. The first-order chi connectivity index (χ1) is 8.58. The molecule has 0 unspecified atom stereocenters. The summed E-state index contributed by atoms with van der Waals surface area (Å²) < 4.78 is 5.25. The Morgan fingerprint density at radius 3 is 2.78 bits per heavy atom. The van der Waals surface area contributed by atoms with E-state index in [9.17, 15) is 0 Å². The third kappa shape index (κ3) is 4.48. The van der Waals surface area contributed by atoms with E-state index in [0.29, 0.717) is 4.99 Å². The predicted octanol–water partition coefficient (Wildman–Crippen LogP) is 2.12. The smallest absolute Gasteiger partial charge is 0.129 e. The minimum atomic E-state index is 0.375. The van der Waals surface area contributed by atoms with Crippen molar-refractivity contribution in [3.63, 3.8) is 0 Å². The van der Waals surface area contributed by atoms with Gasteiger partial charge in [0, 0.05) is 18.8 Å². The number of hydrogen-bond donors (Lipinski definition) is 1. The van der Waals surface area contributed by atoms with Crippen molar-refractivity contribution in [2.75, 3.05) is 32.7 Å². The lowest BCUT2D eigenvalue weighted by atomic mass is 10.1. The van der Waals surface area contributed by atoms with Crippen molar-refractivity contribution in [3.05, 3.63) is 29.3 Å². The first kappa shape index (κ1) is 15.3. The predicted molar refractivity (Wildman–Crippen MR) is 83.6 cm³/mol. The van der Waals surface area contributed by atoms with Crippen LogP contribution < -0.4 is 10.5 Å². The zero-order chi connectivity index (χ0) is 13.5. The Morgan fingerprint density at radius 1 is 1.50 bits per heavy atom. The third-order valence-corrected chi connectivity index (χ3v) is 3.47. The highest BCUT2D eigenvalue weighted by Crippen LogP contribution is 2.20. The average molecular weight is 284 g/mol. The van der Waals surface area contributed by atoms with Crippen LogP contribution in [0.3, 0.4) is 0 Å². The van der Waals surface area contributed by atoms with Crippen LogP contribution in [0.4, 0.5) is 0 Å². The van der Waals surface area contributed by atoms with Gasteiger partial charge in [-0.3, -0.25) is 0 Å². The van der Waals surface area contributed by atoms with Crippen LogP contribution in [0.1, 0.15) is 11.1 Å². The largest absolute Gasteiger partial charge is 0.496 e. The van der Waals surface area contributed by atoms with Gasteiger partial charge in [-0.2, -0.15) is 11.8 Å². The van der Waals surface area contributed by atoms with Crippen LogP contribution in [0, 0.1) is 0 Å². The van der Waals surface area contributed by atoms with Crippen LogP contribution in [0.15, 0.2) is 18.2 Å². The molecule has 0 radical (unpaired) electrons. The van der Waals surface area contributed by atoms with Gasteiger partial charge in [0.1, 0.15) is 10.7 Å². The van der Waals surface area contributed by atoms with Crippen LogP contribution in [0.2, 0.25) is 0 Å². The zero-order valence-electron chi connectivity index (χ0n) is 11.1. The summed E-state index contributed by atoms with van der Waals surface area (Å²) in [7, 11) is 3.74. The first-order valence-corrected chi connectivity index (χ1v) is 7.53. The number of hydrogen-bond acceptors (Lipinski definition) is 4. The molecule has 1 aromatic rings. The number of rotatable bonds is 7. The summed E-state index contributed by atoms with van der Waals surface area (Å²) >= 11 is 6.89. The van der Waals surface area contributed by atoms with Gasteiger partial charge in [-0.05, 0) is 31.0 Å². The Labute approximate surface area is 119 Å². The highest BCUT2D eigenvalue weighted by Gasteiger charge is 2.08. The maximum Gasteiger partial charge on any atom is 0.129 e.